The molecule has 1 heterocycles. The fourth-order valence-electron chi connectivity index (χ4n) is 1.50. The van der Waals surface area contributed by atoms with Crippen LogP contribution in [0, 0.1) is 0 Å². The fourth-order valence-corrected chi connectivity index (χ4v) is 2.66. The average Bonchev–Trinajstić information content (AvgIpc) is 2.51. The molecule has 1 aliphatic heterocycles. The molecule has 0 fully saturated rings. The highest BCUT2D eigenvalue weighted by molar-refractivity contribution is 7.90. The molecule has 1 aromatic rings. The molecule has 0 saturated carbocycles. The van der Waals surface area contributed by atoms with Gasteiger partial charge in [-0.25, -0.2) is 0 Å². The molecular formula is C11H14N2O3S. The average molecular weight is 254 g/mol. The Hall–Kier alpha value is -1.40. The molecule has 0 aliphatic carbocycles. The predicted octanol–water partition coefficient (Wildman–Crippen LogP) is 0.714. The Kier molecular flexibility index (Phi) is 3.17. The summed E-state index contributed by atoms with van der Waals surface area (Å²) in [5.74, 6) is 0.197. The van der Waals surface area contributed by atoms with E-state index in [1.165, 1.54) is 6.07 Å². The number of fused-ring (bicyclic) bond motifs is 1. The van der Waals surface area contributed by atoms with Gasteiger partial charge in [0, 0.05) is 6.54 Å². The van der Waals surface area contributed by atoms with Crippen molar-refractivity contribution < 1.29 is 13.2 Å². The molecule has 6 heteroatoms. The Morgan fingerprint density at radius 2 is 2.00 bits per heavy atom. The lowest BCUT2D eigenvalue weighted by Gasteiger charge is -2.10. The molecule has 0 amide bonds. The molecule has 0 aromatic heterocycles. The van der Waals surface area contributed by atoms with Gasteiger partial charge in [0.15, 0.2) is 0 Å². The van der Waals surface area contributed by atoms with Crippen molar-refractivity contribution in [1.82, 2.24) is 4.90 Å². The molecule has 0 N–H and O–H groups in total. The summed E-state index contributed by atoms with van der Waals surface area (Å²) in [4.78, 5) is 2.18. The first-order chi connectivity index (χ1) is 8.00. The molecular weight excluding hydrogens is 240 g/mol. The van der Waals surface area contributed by atoms with E-state index < -0.39 is 10.0 Å². The van der Waals surface area contributed by atoms with Gasteiger partial charge in [0.1, 0.15) is 11.5 Å². The largest absolute Gasteiger partial charge is 0.475 e. The van der Waals surface area contributed by atoms with Gasteiger partial charge in [-0.05, 0) is 26.2 Å². The summed E-state index contributed by atoms with van der Waals surface area (Å²) in [5, 5.41) is 0. The minimum Gasteiger partial charge on any atom is -0.475 e. The number of rotatable bonds is 3. The third kappa shape index (κ3) is 2.48. The summed E-state index contributed by atoms with van der Waals surface area (Å²) >= 11 is 0. The zero-order chi connectivity index (χ0) is 12.5. The van der Waals surface area contributed by atoms with Gasteiger partial charge in [0.2, 0.25) is 5.90 Å². The molecule has 5 nitrogen and oxygen atoms in total. The number of nitrogens with zero attached hydrogens (tertiary/aromatic N) is 2. The minimum absolute atomic E-state index is 0.197. The lowest BCUT2D eigenvalue weighted by atomic mass is 10.2. The van der Waals surface area contributed by atoms with Crippen LogP contribution in [-0.2, 0) is 14.8 Å². The molecule has 1 aromatic carbocycles. The topological polar surface area (TPSA) is 59.0 Å². The van der Waals surface area contributed by atoms with Crippen LogP contribution in [0.4, 0.5) is 0 Å². The second-order valence-electron chi connectivity index (χ2n) is 4.02. The first-order valence-electron chi connectivity index (χ1n) is 5.22. The predicted molar refractivity (Wildman–Crippen MR) is 64.7 cm³/mol. The summed E-state index contributed by atoms with van der Waals surface area (Å²) in [7, 11) is 0.286. The van der Waals surface area contributed by atoms with Gasteiger partial charge in [-0.3, -0.25) is 0 Å². The summed E-state index contributed by atoms with van der Waals surface area (Å²) in [6, 6.07) is 6.68. The number of likely N-dealkylation sites (N-methyl/N-ethyl adjacent to an activating group) is 1. The van der Waals surface area contributed by atoms with E-state index in [1.54, 1.807) is 18.2 Å². The maximum Gasteiger partial charge on any atom is 0.286 e. The SMILES string of the molecule is CN(C)CCOC1=NS(=O)(=O)c2ccccc21. The highest BCUT2D eigenvalue weighted by Crippen LogP contribution is 2.26. The third-order valence-electron chi connectivity index (χ3n) is 2.38. The van der Waals surface area contributed by atoms with Crippen molar-refractivity contribution in [3.05, 3.63) is 29.8 Å². The Balaban J connectivity index is 2.20. The third-order valence-corrected chi connectivity index (χ3v) is 3.69. The Morgan fingerprint density at radius 3 is 2.71 bits per heavy atom. The van der Waals surface area contributed by atoms with Crippen LogP contribution >= 0.6 is 0 Å². The molecule has 0 atom stereocenters. The Morgan fingerprint density at radius 1 is 1.29 bits per heavy atom. The summed E-state index contributed by atoms with van der Waals surface area (Å²) in [6.45, 7) is 1.12. The monoisotopic (exact) mass is 254 g/mol. The van der Waals surface area contributed by atoms with Gasteiger partial charge < -0.3 is 9.64 Å². The lowest BCUT2D eigenvalue weighted by molar-refractivity contribution is 0.253. The summed E-state index contributed by atoms with van der Waals surface area (Å²) in [5.41, 5.74) is 0.547. The lowest BCUT2D eigenvalue weighted by Crippen LogP contribution is -2.20. The molecule has 1 aliphatic rings. The zero-order valence-electron chi connectivity index (χ0n) is 9.75. The smallest absolute Gasteiger partial charge is 0.286 e. The molecule has 92 valence electrons. The molecule has 0 bridgehead atoms. The van der Waals surface area contributed by atoms with E-state index in [0.29, 0.717) is 18.7 Å². The number of sulfonamides is 1. The normalized spacial score (nSPS) is 16.8. The minimum atomic E-state index is -3.56. The Labute approximate surface area is 101 Å². The van der Waals surface area contributed by atoms with Crippen molar-refractivity contribution in [2.24, 2.45) is 4.40 Å². The van der Waals surface area contributed by atoms with Crippen LogP contribution in [0.25, 0.3) is 0 Å². The van der Waals surface area contributed by atoms with Gasteiger partial charge in [-0.2, -0.15) is 8.42 Å². The maximum absolute atomic E-state index is 11.7. The summed E-state index contributed by atoms with van der Waals surface area (Å²) in [6.07, 6.45) is 0. The van der Waals surface area contributed by atoms with Crippen LogP contribution in [0.5, 0.6) is 0 Å². The van der Waals surface area contributed by atoms with Crippen molar-refractivity contribution in [1.29, 1.82) is 0 Å². The maximum atomic E-state index is 11.7. The first kappa shape index (κ1) is 12.1. The number of hydrogen-bond acceptors (Lipinski definition) is 4. The zero-order valence-corrected chi connectivity index (χ0v) is 10.6. The standard InChI is InChI=1S/C11H14N2O3S/c1-13(2)7-8-16-11-9-5-3-4-6-10(9)17(14,15)12-11/h3-6H,7-8H2,1-2H3. The van der Waals surface area contributed by atoms with Crippen molar-refractivity contribution in [2.45, 2.75) is 4.90 Å². The fraction of sp³-hybridized carbons (Fsp3) is 0.364. The highest BCUT2D eigenvalue weighted by atomic mass is 32.2. The van der Waals surface area contributed by atoms with Gasteiger partial charge in [0.05, 0.1) is 5.56 Å². The first-order valence-corrected chi connectivity index (χ1v) is 6.66. The van der Waals surface area contributed by atoms with Crippen molar-refractivity contribution >= 4 is 15.9 Å². The van der Waals surface area contributed by atoms with Gasteiger partial charge in [-0.1, -0.05) is 12.1 Å². The van der Waals surface area contributed by atoms with E-state index in [0.717, 1.165) is 0 Å². The van der Waals surface area contributed by atoms with Crippen LogP contribution in [0.2, 0.25) is 0 Å². The van der Waals surface area contributed by atoms with Crippen LogP contribution in [0.15, 0.2) is 33.6 Å². The molecule has 0 spiro atoms. The summed E-state index contributed by atoms with van der Waals surface area (Å²) < 4.78 is 32.4. The van der Waals surface area contributed by atoms with Crippen LogP contribution in [0.3, 0.4) is 0 Å². The number of benzene rings is 1. The van der Waals surface area contributed by atoms with Crippen LogP contribution < -0.4 is 0 Å². The van der Waals surface area contributed by atoms with E-state index in [2.05, 4.69) is 4.40 Å². The quantitative estimate of drug-likeness (QED) is 0.797. The van der Waals surface area contributed by atoms with Gasteiger partial charge >= 0.3 is 0 Å². The highest BCUT2D eigenvalue weighted by Gasteiger charge is 2.29. The number of hydrogen-bond donors (Lipinski definition) is 0. The second kappa shape index (κ2) is 4.46. The van der Waals surface area contributed by atoms with E-state index in [4.69, 9.17) is 4.74 Å². The molecule has 17 heavy (non-hydrogen) atoms. The molecule has 2 rings (SSSR count). The van der Waals surface area contributed by atoms with Crippen molar-refractivity contribution in [3.8, 4) is 0 Å². The Bertz CT molecular complexity index is 550. The van der Waals surface area contributed by atoms with E-state index in [9.17, 15) is 8.42 Å². The van der Waals surface area contributed by atoms with Crippen LogP contribution in [0.1, 0.15) is 5.56 Å². The van der Waals surface area contributed by atoms with Crippen LogP contribution in [-0.4, -0.2) is 46.5 Å². The number of ether oxygens (including phenoxy) is 1. The van der Waals surface area contributed by atoms with E-state index >= 15 is 0 Å². The molecule has 0 radical (unpaired) electrons. The van der Waals surface area contributed by atoms with Gasteiger partial charge in [-0.15, -0.1) is 4.40 Å². The molecule has 0 saturated heterocycles. The second-order valence-corrected chi connectivity index (χ2v) is 5.59. The van der Waals surface area contributed by atoms with Crippen molar-refractivity contribution in [2.75, 3.05) is 27.2 Å². The van der Waals surface area contributed by atoms with E-state index in [-0.39, 0.29) is 10.8 Å². The molecule has 0 unspecified atom stereocenters. The van der Waals surface area contributed by atoms with E-state index in [1.807, 2.05) is 19.0 Å². The van der Waals surface area contributed by atoms with Gasteiger partial charge in [0.25, 0.3) is 10.0 Å². The van der Waals surface area contributed by atoms with Crippen molar-refractivity contribution in [3.63, 3.8) is 0 Å².